The highest BCUT2D eigenvalue weighted by Crippen LogP contribution is 2.55. The van der Waals surface area contributed by atoms with Crippen molar-refractivity contribution in [2.75, 3.05) is 27.3 Å². The summed E-state index contributed by atoms with van der Waals surface area (Å²) < 4.78 is 9.65. The number of hydrogen-bond acceptors (Lipinski definition) is 8. The molecule has 0 radical (unpaired) electrons. The SMILES string of the molecule is COC(=O)N[C@H](C(=O)N1C[C@@H](C)C[C@H]1c1ncc(-c2ccc(-c3ccc(-c4cnc([C@@H]5C[C@H](C)CN5C(=O)[C@H](NC(=O)OC)C(C)C)[nH]4)cc3)c3c2C2CCC3CC2)[nH]1)C(C)C. The van der Waals surface area contributed by atoms with E-state index in [1.807, 2.05) is 49.9 Å². The molecule has 5 aliphatic rings. The number of aromatic nitrogens is 4. The predicted molar refractivity (Wildman–Crippen MR) is 236 cm³/mol. The Morgan fingerprint density at radius 2 is 1.05 bits per heavy atom. The lowest BCUT2D eigenvalue weighted by molar-refractivity contribution is -0.136. The van der Waals surface area contributed by atoms with Gasteiger partial charge in [0.2, 0.25) is 11.8 Å². The van der Waals surface area contributed by atoms with Crippen molar-refractivity contribution in [2.24, 2.45) is 23.7 Å². The molecule has 0 unspecified atom stereocenters. The number of fused-ring (bicyclic) bond motifs is 2. The van der Waals surface area contributed by atoms with Gasteiger partial charge >= 0.3 is 12.2 Å². The Labute approximate surface area is 364 Å². The summed E-state index contributed by atoms with van der Waals surface area (Å²) in [5.74, 6) is 2.55. The quantitative estimate of drug-likeness (QED) is 0.116. The minimum absolute atomic E-state index is 0.112. The summed E-state index contributed by atoms with van der Waals surface area (Å²) in [4.78, 5) is 72.7. The van der Waals surface area contributed by atoms with E-state index in [4.69, 9.17) is 19.4 Å². The molecule has 6 atom stereocenters. The number of H-pyrrole nitrogens is 2. The third kappa shape index (κ3) is 8.20. The van der Waals surface area contributed by atoms with Crippen LogP contribution < -0.4 is 10.6 Å². The van der Waals surface area contributed by atoms with E-state index in [-0.39, 0.29) is 47.6 Å². The van der Waals surface area contributed by atoms with Crippen LogP contribution in [-0.2, 0) is 19.1 Å². The highest BCUT2D eigenvalue weighted by Gasteiger charge is 2.42. The van der Waals surface area contributed by atoms with Gasteiger partial charge < -0.3 is 39.9 Å². The summed E-state index contributed by atoms with van der Waals surface area (Å²) in [6.45, 7) is 13.2. The normalized spacial score (nSPS) is 24.0. The third-order valence-corrected chi connectivity index (χ3v) is 13.8. The van der Waals surface area contributed by atoms with Crippen LogP contribution in [0.3, 0.4) is 0 Å². The summed E-state index contributed by atoms with van der Waals surface area (Å²) >= 11 is 0. The van der Waals surface area contributed by atoms with Crippen molar-refractivity contribution in [3.05, 3.63) is 71.6 Å². The Kier molecular flexibility index (Phi) is 12.2. The number of aromatic amines is 2. The average molecular weight is 847 g/mol. The van der Waals surface area contributed by atoms with Crippen LogP contribution in [0, 0.1) is 23.7 Å². The molecule has 14 nitrogen and oxygen atoms in total. The topological polar surface area (TPSA) is 175 Å². The van der Waals surface area contributed by atoms with Gasteiger partial charge in [-0.1, -0.05) is 77.9 Å². The number of carbonyl (C=O) groups excluding carboxylic acids is 4. The fraction of sp³-hybridized carbons (Fsp3) is 0.542. The van der Waals surface area contributed by atoms with Gasteiger partial charge in [-0.05, 0) is 102 Å². The molecule has 2 saturated heterocycles. The Morgan fingerprint density at radius 1 is 0.629 bits per heavy atom. The van der Waals surface area contributed by atoms with Crippen LogP contribution in [0.2, 0.25) is 0 Å². The summed E-state index contributed by atoms with van der Waals surface area (Å²) in [5.41, 5.74) is 9.35. The van der Waals surface area contributed by atoms with Gasteiger partial charge in [-0.3, -0.25) is 9.59 Å². The lowest BCUT2D eigenvalue weighted by atomic mass is 9.64. The first-order valence-electron chi connectivity index (χ1n) is 22.4. The first kappa shape index (κ1) is 43.0. The number of alkyl carbamates (subject to hydrolysis) is 2. The molecule has 3 fully saturated rings. The number of ether oxygens (including phenoxy) is 2. The van der Waals surface area contributed by atoms with Crippen LogP contribution in [-0.4, -0.2) is 93.1 Å². The van der Waals surface area contributed by atoms with Crippen molar-refractivity contribution in [3.8, 4) is 33.6 Å². The molecule has 4 aromatic rings. The van der Waals surface area contributed by atoms with Crippen LogP contribution in [0.25, 0.3) is 33.6 Å². The van der Waals surface area contributed by atoms with Gasteiger partial charge in [0, 0.05) is 18.7 Å². The van der Waals surface area contributed by atoms with Crippen molar-refractivity contribution in [3.63, 3.8) is 0 Å². The van der Waals surface area contributed by atoms with Crippen molar-refractivity contribution in [2.45, 2.75) is 116 Å². The molecule has 2 aliphatic heterocycles. The van der Waals surface area contributed by atoms with Crippen LogP contribution in [0.4, 0.5) is 9.59 Å². The monoisotopic (exact) mass is 846 g/mol. The van der Waals surface area contributed by atoms with Gasteiger partial charge in [-0.15, -0.1) is 0 Å². The van der Waals surface area contributed by atoms with Gasteiger partial charge in [-0.25, -0.2) is 19.6 Å². The van der Waals surface area contributed by atoms with Crippen LogP contribution in [0.5, 0.6) is 0 Å². The van der Waals surface area contributed by atoms with Gasteiger partial charge in [0.05, 0.1) is 50.1 Å². The maximum Gasteiger partial charge on any atom is 0.407 e. The smallest absolute Gasteiger partial charge is 0.407 e. The molecule has 1 saturated carbocycles. The summed E-state index contributed by atoms with van der Waals surface area (Å²) in [6.07, 6.45) is 8.81. The number of rotatable bonds is 11. The summed E-state index contributed by atoms with van der Waals surface area (Å²) in [5, 5.41) is 5.49. The summed E-state index contributed by atoms with van der Waals surface area (Å²) in [7, 11) is 2.61. The molecule has 4 amide bonds. The van der Waals surface area contributed by atoms with Gasteiger partial charge in [0.25, 0.3) is 0 Å². The van der Waals surface area contributed by atoms with Crippen LogP contribution in [0.1, 0.15) is 127 Å². The highest BCUT2D eigenvalue weighted by molar-refractivity contribution is 5.87. The number of benzene rings is 2. The highest BCUT2D eigenvalue weighted by atomic mass is 16.5. The van der Waals surface area contributed by atoms with Crippen molar-refractivity contribution < 1.29 is 28.7 Å². The number of methoxy groups -OCH3 is 2. The third-order valence-electron chi connectivity index (χ3n) is 13.8. The average Bonchev–Trinajstić information content (AvgIpc) is 4.11. The largest absolute Gasteiger partial charge is 0.453 e. The van der Waals surface area contributed by atoms with E-state index in [1.165, 1.54) is 67.7 Å². The van der Waals surface area contributed by atoms with Crippen molar-refractivity contribution >= 4 is 24.0 Å². The molecule has 2 aromatic heterocycles. The number of nitrogens with one attached hydrogen (secondary N) is 4. The molecule has 2 aromatic carbocycles. The molecular formula is C48H62N8O6. The maximum atomic E-state index is 14.0. The van der Waals surface area contributed by atoms with Gasteiger partial charge in [0.15, 0.2) is 0 Å². The molecule has 2 bridgehead atoms. The zero-order valence-corrected chi connectivity index (χ0v) is 37.3. The molecule has 0 spiro atoms. The second kappa shape index (κ2) is 17.6. The van der Waals surface area contributed by atoms with E-state index < -0.39 is 24.3 Å². The second-order valence-corrected chi connectivity index (χ2v) is 18.9. The Hall–Kier alpha value is -5.66. The Bertz CT molecular complexity index is 2290. The van der Waals surface area contributed by atoms with E-state index >= 15 is 0 Å². The first-order valence-corrected chi connectivity index (χ1v) is 22.4. The fourth-order valence-electron chi connectivity index (χ4n) is 10.7. The van der Waals surface area contributed by atoms with Gasteiger partial charge in [0.1, 0.15) is 23.7 Å². The van der Waals surface area contributed by atoms with Crippen LogP contribution in [0.15, 0.2) is 48.8 Å². The van der Waals surface area contributed by atoms with E-state index in [0.29, 0.717) is 24.9 Å². The molecule has 330 valence electrons. The van der Waals surface area contributed by atoms with E-state index in [2.05, 4.69) is 70.8 Å². The van der Waals surface area contributed by atoms with E-state index in [9.17, 15) is 19.2 Å². The van der Waals surface area contributed by atoms with Crippen molar-refractivity contribution in [1.82, 2.24) is 40.4 Å². The minimum atomic E-state index is -0.699. The molecule has 4 N–H and O–H groups in total. The zero-order chi connectivity index (χ0) is 44.0. The molecule has 62 heavy (non-hydrogen) atoms. The number of likely N-dealkylation sites (tertiary alicyclic amines) is 2. The van der Waals surface area contributed by atoms with E-state index in [1.54, 1.807) is 0 Å². The number of carbonyl (C=O) groups is 4. The lowest BCUT2D eigenvalue weighted by Crippen LogP contribution is -2.51. The number of nitrogens with zero attached hydrogens (tertiary/aromatic N) is 4. The number of hydrogen-bond donors (Lipinski definition) is 4. The zero-order valence-electron chi connectivity index (χ0n) is 37.3. The molecule has 14 heteroatoms. The van der Waals surface area contributed by atoms with Gasteiger partial charge in [-0.2, -0.15) is 0 Å². The number of imidazole rings is 2. The molecule has 3 aliphatic carbocycles. The van der Waals surface area contributed by atoms with Crippen LogP contribution >= 0.6 is 0 Å². The summed E-state index contributed by atoms with van der Waals surface area (Å²) in [6, 6.07) is 11.4. The molecule has 4 heterocycles. The predicted octanol–water partition coefficient (Wildman–Crippen LogP) is 8.47. The first-order chi connectivity index (χ1) is 29.8. The molecular weight excluding hydrogens is 785 g/mol. The van der Waals surface area contributed by atoms with Crippen molar-refractivity contribution in [1.29, 1.82) is 0 Å². The Balaban J connectivity index is 1.04. The van der Waals surface area contributed by atoms with E-state index in [0.717, 1.165) is 41.4 Å². The molecule has 9 rings (SSSR count). The Morgan fingerprint density at radius 3 is 1.52 bits per heavy atom. The maximum absolute atomic E-state index is 14.0. The fourth-order valence-corrected chi connectivity index (χ4v) is 10.7. The lowest BCUT2D eigenvalue weighted by Gasteiger charge is -2.41. The second-order valence-electron chi connectivity index (χ2n) is 18.9. The number of amides is 4. The standard InChI is InChI=1S/C48H62N8O6/c1-25(2)41(53-47(59)61-7)45(57)55-23-27(5)19-37(55)43-49-21-35(51-43)30-11-9-29(10-12-30)33-17-18-34(40-32-15-13-31(14-16-32)39(33)40)36-22-50-44(52-36)38-20-28(6)24-56(38)46(58)42(26(3)4)54-48(60)62-8/h9-12,17-18,21-22,25-28,31-32,37-38,41-42H,13-16,19-20,23-24H2,1-8H3,(H,49,51)(H,50,52)(H,53,59)(H,54,60)/t27-,28-,31?,32?,37-,38-,41+,42-/m0/s1. The minimum Gasteiger partial charge on any atom is -0.453 e.